The smallest absolute Gasteiger partial charge is 0.222 e. The maximum Gasteiger partial charge on any atom is 0.222 e. The first-order chi connectivity index (χ1) is 22.6. The number of hydrogen-bond donors (Lipinski definition) is 6. The van der Waals surface area contributed by atoms with Crippen LogP contribution in [0.1, 0.15) is 50.2 Å². The molecule has 2 aliphatic rings. The number of carbonyl (C=O) groups is 1. The summed E-state index contributed by atoms with van der Waals surface area (Å²) < 4.78 is 12.8. The number of hydrogen-bond acceptors (Lipinski definition) is 10. The van der Waals surface area contributed by atoms with E-state index in [0.29, 0.717) is 23.8 Å². The summed E-state index contributed by atoms with van der Waals surface area (Å²) >= 11 is 8.19. The fourth-order valence-corrected chi connectivity index (χ4v) is 6.54. The number of halogens is 1. The van der Waals surface area contributed by atoms with E-state index in [1.807, 2.05) is 48.7 Å². The molecule has 1 aromatic heterocycles. The van der Waals surface area contributed by atoms with Crippen LogP contribution >= 0.6 is 23.4 Å². The van der Waals surface area contributed by atoms with Crippen molar-refractivity contribution in [3.63, 3.8) is 0 Å². The molecule has 0 spiro atoms. The lowest BCUT2D eigenvalue weighted by Gasteiger charge is -2.26. The van der Waals surface area contributed by atoms with Crippen molar-refractivity contribution in [3.8, 4) is 16.9 Å². The number of carbonyl (C=O) groups excluding carboxylic acids is 1. The van der Waals surface area contributed by atoms with Crippen LogP contribution in [0.5, 0.6) is 5.75 Å². The molecule has 2 fully saturated rings. The van der Waals surface area contributed by atoms with Gasteiger partial charge in [0.05, 0.1) is 31.0 Å². The highest BCUT2D eigenvalue weighted by atomic mass is 35.5. The average Bonchev–Trinajstić information content (AvgIpc) is 4.04. The minimum absolute atomic E-state index is 0.287. The summed E-state index contributed by atoms with van der Waals surface area (Å²) in [6.45, 7) is 1.02. The molecule has 0 bridgehead atoms. The van der Waals surface area contributed by atoms with Gasteiger partial charge in [-0.1, -0.05) is 36.7 Å². The van der Waals surface area contributed by atoms with Crippen molar-refractivity contribution in [2.24, 2.45) is 5.92 Å². The van der Waals surface area contributed by atoms with E-state index in [9.17, 15) is 25.2 Å². The third kappa shape index (κ3) is 9.24. The third-order valence-corrected chi connectivity index (χ3v) is 10.0. The third-order valence-electron chi connectivity index (χ3n) is 8.61. The Morgan fingerprint density at radius 1 is 1.06 bits per heavy atom. The maximum absolute atomic E-state index is 12.5. The molecular formula is C35H43ClN2O8S. The Morgan fingerprint density at radius 3 is 2.53 bits per heavy atom. The van der Waals surface area contributed by atoms with Gasteiger partial charge in [-0.15, -0.1) is 11.8 Å². The molecule has 1 unspecified atom stereocenters. The lowest BCUT2D eigenvalue weighted by molar-refractivity contribution is -0.128. The van der Waals surface area contributed by atoms with Crippen molar-refractivity contribution in [2.75, 3.05) is 18.9 Å². The molecule has 3 aromatic rings. The Bertz CT molecular complexity index is 1500. The van der Waals surface area contributed by atoms with Gasteiger partial charge in [-0.3, -0.25) is 9.78 Å². The molecule has 12 heteroatoms. The van der Waals surface area contributed by atoms with E-state index in [2.05, 4.69) is 16.4 Å². The van der Waals surface area contributed by atoms with Crippen molar-refractivity contribution in [1.82, 2.24) is 10.3 Å². The van der Waals surface area contributed by atoms with Crippen LogP contribution in [0.3, 0.4) is 0 Å². The first-order valence-electron chi connectivity index (χ1n) is 16.0. The fourth-order valence-electron chi connectivity index (χ4n) is 5.27. The van der Waals surface area contributed by atoms with Gasteiger partial charge in [0.1, 0.15) is 24.1 Å². The van der Waals surface area contributed by atoms with Gasteiger partial charge >= 0.3 is 0 Å². The summed E-state index contributed by atoms with van der Waals surface area (Å²) in [4.78, 5) is 18.0. The number of nitrogens with zero attached hydrogens (tertiary/aromatic N) is 1. The second-order valence-corrected chi connectivity index (χ2v) is 13.9. The number of benzene rings is 2. The molecule has 5 rings (SSSR count). The Hall–Kier alpha value is -2.74. The summed E-state index contributed by atoms with van der Waals surface area (Å²) in [5.74, 6) is 0.835. The molecule has 2 aromatic carbocycles. The number of nitrogens with one attached hydrogen (secondary N) is 1. The minimum atomic E-state index is -1.74. The van der Waals surface area contributed by atoms with Crippen molar-refractivity contribution in [1.29, 1.82) is 0 Å². The van der Waals surface area contributed by atoms with Gasteiger partial charge in [0.15, 0.2) is 0 Å². The van der Waals surface area contributed by atoms with Crippen LogP contribution in [0.25, 0.3) is 11.1 Å². The van der Waals surface area contributed by atoms with E-state index >= 15 is 0 Å². The van der Waals surface area contributed by atoms with Crippen LogP contribution in [0, 0.1) is 5.92 Å². The topological polar surface area (TPSA) is 162 Å². The van der Waals surface area contributed by atoms with E-state index in [-0.39, 0.29) is 24.5 Å². The monoisotopic (exact) mass is 686 g/mol. The Kier molecular flexibility index (Phi) is 12.2. The van der Waals surface area contributed by atoms with Gasteiger partial charge in [0.2, 0.25) is 5.91 Å². The predicted molar refractivity (Wildman–Crippen MR) is 179 cm³/mol. The number of thioether (sulfide) groups is 1. The largest absolute Gasteiger partial charge is 0.490 e. The number of aliphatic hydroxyl groups is 5. The summed E-state index contributed by atoms with van der Waals surface area (Å²) in [6.07, 6.45) is 1.88. The Labute approximate surface area is 284 Å². The van der Waals surface area contributed by atoms with Gasteiger partial charge in [-0.25, -0.2) is 0 Å². The lowest BCUT2D eigenvalue weighted by atomic mass is 9.96. The molecule has 10 nitrogen and oxygen atoms in total. The lowest BCUT2D eigenvalue weighted by Crippen LogP contribution is -2.50. The van der Waals surface area contributed by atoms with Gasteiger partial charge in [-0.05, 0) is 79.3 Å². The van der Waals surface area contributed by atoms with Crippen molar-refractivity contribution >= 4 is 29.3 Å². The molecule has 2 aliphatic carbocycles. The number of ether oxygens (including phenoxy) is 2. The van der Waals surface area contributed by atoms with E-state index in [1.165, 1.54) is 0 Å². The molecule has 2 saturated carbocycles. The van der Waals surface area contributed by atoms with Crippen LogP contribution in [0.4, 0.5) is 0 Å². The molecule has 1 amide bonds. The van der Waals surface area contributed by atoms with Crippen molar-refractivity contribution in [2.45, 2.75) is 86.7 Å². The van der Waals surface area contributed by atoms with Crippen molar-refractivity contribution < 1.29 is 39.8 Å². The number of amides is 1. The van der Waals surface area contributed by atoms with Gasteiger partial charge < -0.3 is 40.3 Å². The molecule has 5 atom stereocenters. The second kappa shape index (κ2) is 16.1. The quantitative estimate of drug-likeness (QED) is 0.109. The molecule has 1 heterocycles. The Morgan fingerprint density at radius 2 is 1.81 bits per heavy atom. The van der Waals surface area contributed by atoms with Crippen LogP contribution in [-0.2, 0) is 21.7 Å². The van der Waals surface area contributed by atoms with Crippen LogP contribution in [-0.4, -0.2) is 85.8 Å². The van der Waals surface area contributed by atoms with Crippen LogP contribution in [0.2, 0.25) is 5.02 Å². The number of aromatic nitrogens is 1. The molecule has 0 saturated heterocycles. The highest BCUT2D eigenvalue weighted by Gasteiger charge is 2.48. The van der Waals surface area contributed by atoms with Crippen LogP contribution < -0.4 is 10.1 Å². The second-order valence-electron chi connectivity index (χ2n) is 12.4. The first kappa shape index (κ1) is 35.6. The first-order valence-corrected chi connectivity index (χ1v) is 17.3. The SMILES string of the molecule is CC(CCSc1ccc(Cl)c(COC2(c3cnccc3-c3ccccc3OC3CC3)CC2)c1)C(=O)NC[C@H](O)[C@@H](O)[C@H](O)[C@H](O)CO. The number of pyridine rings is 1. The summed E-state index contributed by atoms with van der Waals surface area (Å²) in [7, 11) is 0. The molecule has 0 aliphatic heterocycles. The van der Waals surface area contributed by atoms with E-state index in [4.69, 9.17) is 26.2 Å². The predicted octanol–water partition coefficient (Wildman–Crippen LogP) is 3.82. The highest BCUT2D eigenvalue weighted by molar-refractivity contribution is 7.99. The van der Waals surface area contributed by atoms with E-state index in [0.717, 1.165) is 58.6 Å². The van der Waals surface area contributed by atoms with Gasteiger partial charge in [0, 0.05) is 45.9 Å². The zero-order valence-corrected chi connectivity index (χ0v) is 27.9. The molecule has 47 heavy (non-hydrogen) atoms. The zero-order valence-electron chi connectivity index (χ0n) is 26.3. The molecular weight excluding hydrogens is 644 g/mol. The van der Waals surface area contributed by atoms with Gasteiger partial charge in [0.25, 0.3) is 0 Å². The summed E-state index contributed by atoms with van der Waals surface area (Å²) in [5, 5.41) is 51.3. The van der Waals surface area contributed by atoms with Crippen LogP contribution in [0.15, 0.2) is 65.8 Å². The normalized spacial score (nSPS) is 18.5. The Balaban J connectivity index is 1.14. The maximum atomic E-state index is 12.5. The van der Waals surface area contributed by atoms with E-state index in [1.54, 1.807) is 24.9 Å². The van der Waals surface area contributed by atoms with E-state index < -0.39 is 36.6 Å². The molecule has 254 valence electrons. The molecule has 0 radical (unpaired) electrons. The fraction of sp³-hybridized carbons (Fsp3) is 0.486. The zero-order chi connectivity index (χ0) is 33.6. The minimum Gasteiger partial charge on any atom is -0.490 e. The van der Waals surface area contributed by atoms with Crippen molar-refractivity contribution in [3.05, 3.63) is 77.1 Å². The molecule has 6 N–H and O–H groups in total. The number of aliphatic hydroxyl groups excluding tert-OH is 5. The highest BCUT2D eigenvalue weighted by Crippen LogP contribution is 2.53. The van der Waals surface area contributed by atoms with Gasteiger partial charge in [-0.2, -0.15) is 0 Å². The average molecular weight is 687 g/mol. The summed E-state index contributed by atoms with van der Waals surface area (Å²) in [6, 6.07) is 16.0. The standard InChI is InChI=1S/C35H43ClN2O8S/c1-21(34(44)38-18-29(40)32(42)33(43)30(41)19-39)11-15-47-24-8-9-28(36)22(16-24)20-45-35(12-13-35)27-17-37-14-10-25(27)26-4-2-3-5-31(26)46-23-6-7-23/h2-5,8-10,14,16-17,21,23,29-30,32-33,39-43H,6-7,11-13,15,18-20H2,1H3,(H,38,44)/t21?,29-,30+,32+,33+/m0/s1. The number of para-hydroxylation sites is 1. The number of rotatable bonds is 18. The summed E-state index contributed by atoms with van der Waals surface area (Å²) in [5.41, 5.74) is 3.56.